The van der Waals surface area contributed by atoms with Gasteiger partial charge in [-0.1, -0.05) is 42.5 Å². The first kappa shape index (κ1) is 18.1. The van der Waals surface area contributed by atoms with E-state index in [1.807, 2.05) is 48.5 Å². The summed E-state index contributed by atoms with van der Waals surface area (Å²) < 4.78 is 10.2. The SMILES string of the molecule is COC(=O)c1cccc(CC2CNC(C(=O)OCc3ccccc3)C2)c1. The van der Waals surface area contributed by atoms with Crippen LogP contribution in [-0.4, -0.2) is 31.6 Å². The van der Waals surface area contributed by atoms with E-state index in [0.29, 0.717) is 18.1 Å². The van der Waals surface area contributed by atoms with Crippen molar-refractivity contribution in [3.63, 3.8) is 0 Å². The monoisotopic (exact) mass is 353 g/mol. The Kier molecular flexibility index (Phi) is 6.02. The lowest BCUT2D eigenvalue weighted by Crippen LogP contribution is -2.32. The third kappa shape index (κ3) is 4.70. The second-order valence-corrected chi connectivity index (χ2v) is 6.55. The number of carbonyl (C=O) groups is 2. The standard InChI is InChI=1S/C21H23NO4/c1-25-20(23)18-9-5-8-16(11-18)10-17-12-19(22-13-17)21(24)26-14-15-6-3-2-4-7-15/h2-9,11,17,19,22H,10,12-14H2,1H3. The third-order valence-electron chi connectivity index (χ3n) is 4.60. The molecule has 2 aromatic carbocycles. The average Bonchev–Trinajstić information content (AvgIpc) is 3.15. The van der Waals surface area contributed by atoms with Crippen LogP contribution in [0.5, 0.6) is 0 Å². The minimum atomic E-state index is -0.334. The van der Waals surface area contributed by atoms with Gasteiger partial charge < -0.3 is 14.8 Å². The summed E-state index contributed by atoms with van der Waals surface area (Å²) in [4.78, 5) is 23.9. The highest BCUT2D eigenvalue weighted by Gasteiger charge is 2.30. The van der Waals surface area contributed by atoms with Gasteiger partial charge in [0.1, 0.15) is 12.6 Å². The molecular formula is C21H23NO4. The fourth-order valence-corrected chi connectivity index (χ4v) is 3.25. The number of benzene rings is 2. The van der Waals surface area contributed by atoms with Crippen molar-refractivity contribution in [2.45, 2.75) is 25.5 Å². The molecule has 1 heterocycles. The zero-order chi connectivity index (χ0) is 18.4. The Labute approximate surface area is 153 Å². The third-order valence-corrected chi connectivity index (χ3v) is 4.60. The van der Waals surface area contributed by atoms with Crippen LogP contribution < -0.4 is 5.32 Å². The van der Waals surface area contributed by atoms with Crippen molar-refractivity contribution in [1.29, 1.82) is 0 Å². The average molecular weight is 353 g/mol. The summed E-state index contributed by atoms with van der Waals surface area (Å²) in [6.45, 7) is 1.05. The van der Waals surface area contributed by atoms with Gasteiger partial charge in [-0.05, 0) is 48.6 Å². The Bertz CT molecular complexity index is 760. The molecule has 136 valence electrons. The molecule has 2 atom stereocenters. The number of nitrogens with one attached hydrogen (secondary N) is 1. The van der Waals surface area contributed by atoms with Crippen LogP contribution in [0.1, 0.15) is 27.9 Å². The fraction of sp³-hybridized carbons (Fsp3) is 0.333. The van der Waals surface area contributed by atoms with E-state index in [9.17, 15) is 9.59 Å². The van der Waals surface area contributed by atoms with Crippen LogP contribution in [0.15, 0.2) is 54.6 Å². The normalized spacial score (nSPS) is 19.1. The topological polar surface area (TPSA) is 64.6 Å². The lowest BCUT2D eigenvalue weighted by atomic mass is 9.95. The van der Waals surface area contributed by atoms with Gasteiger partial charge in [-0.25, -0.2) is 4.79 Å². The molecule has 0 saturated carbocycles. The van der Waals surface area contributed by atoms with Crippen molar-refractivity contribution in [3.8, 4) is 0 Å². The van der Waals surface area contributed by atoms with E-state index in [0.717, 1.165) is 30.5 Å². The molecule has 1 N–H and O–H groups in total. The van der Waals surface area contributed by atoms with Gasteiger partial charge in [-0.3, -0.25) is 4.79 Å². The molecule has 0 radical (unpaired) electrons. The number of rotatable bonds is 6. The lowest BCUT2D eigenvalue weighted by Gasteiger charge is -2.11. The van der Waals surface area contributed by atoms with Gasteiger partial charge in [-0.2, -0.15) is 0 Å². The largest absolute Gasteiger partial charge is 0.465 e. The van der Waals surface area contributed by atoms with Gasteiger partial charge in [0.15, 0.2) is 0 Å². The van der Waals surface area contributed by atoms with Crippen molar-refractivity contribution in [1.82, 2.24) is 5.32 Å². The smallest absolute Gasteiger partial charge is 0.337 e. The van der Waals surface area contributed by atoms with E-state index >= 15 is 0 Å². The predicted molar refractivity (Wildman–Crippen MR) is 97.6 cm³/mol. The summed E-state index contributed by atoms with van der Waals surface area (Å²) in [7, 11) is 1.38. The molecule has 1 saturated heterocycles. The molecule has 5 nitrogen and oxygen atoms in total. The van der Waals surface area contributed by atoms with Crippen molar-refractivity contribution in [2.24, 2.45) is 5.92 Å². The zero-order valence-electron chi connectivity index (χ0n) is 14.8. The summed E-state index contributed by atoms with van der Waals surface area (Å²) in [6.07, 6.45) is 1.54. The van der Waals surface area contributed by atoms with Gasteiger partial charge in [0.05, 0.1) is 12.7 Å². The van der Waals surface area contributed by atoms with Crippen LogP contribution in [0, 0.1) is 5.92 Å². The predicted octanol–water partition coefficient (Wildman–Crippen LogP) is 2.74. The van der Waals surface area contributed by atoms with E-state index in [4.69, 9.17) is 9.47 Å². The van der Waals surface area contributed by atoms with Crippen LogP contribution in [-0.2, 0) is 27.3 Å². The lowest BCUT2D eigenvalue weighted by molar-refractivity contribution is -0.147. The highest BCUT2D eigenvalue weighted by molar-refractivity contribution is 5.89. The Morgan fingerprint density at radius 3 is 2.62 bits per heavy atom. The summed E-state index contributed by atoms with van der Waals surface area (Å²) in [5.41, 5.74) is 2.60. The molecule has 5 heteroatoms. The van der Waals surface area contributed by atoms with Crippen LogP contribution >= 0.6 is 0 Å². The summed E-state index contributed by atoms with van der Waals surface area (Å²) in [5.74, 6) is -0.212. The Hall–Kier alpha value is -2.66. The summed E-state index contributed by atoms with van der Waals surface area (Å²) >= 11 is 0. The first-order valence-corrected chi connectivity index (χ1v) is 8.77. The van der Waals surface area contributed by atoms with Crippen LogP contribution in [0.3, 0.4) is 0 Å². The second-order valence-electron chi connectivity index (χ2n) is 6.55. The highest BCUT2D eigenvalue weighted by atomic mass is 16.5. The highest BCUT2D eigenvalue weighted by Crippen LogP contribution is 2.21. The molecule has 0 aliphatic carbocycles. The molecular weight excluding hydrogens is 330 g/mol. The maximum absolute atomic E-state index is 12.3. The molecule has 3 rings (SSSR count). The minimum Gasteiger partial charge on any atom is -0.465 e. The van der Waals surface area contributed by atoms with E-state index in [-0.39, 0.29) is 18.0 Å². The van der Waals surface area contributed by atoms with Crippen LogP contribution in [0.2, 0.25) is 0 Å². The number of methoxy groups -OCH3 is 1. The maximum Gasteiger partial charge on any atom is 0.337 e. The Balaban J connectivity index is 1.50. The quantitative estimate of drug-likeness (QED) is 0.809. The molecule has 2 unspecified atom stereocenters. The van der Waals surface area contributed by atoms with E-state index in [1.165, 1.54) is 7.11 Å². The summed E-state index contributed by atoms with van der Waals surface area (Å²) in [5, 5.41) is 3.25. The molecule has 0 amide bonds. The van der Waals surface area contributed by atoms with Gasteiger partial charge in [0.25, 0.3) is 0 Å². The number of hydrogen-bond donors (Lipinski definition) is 1. The number of hydrogen-bond acceptors (Lipinski definition) is 5. The molecule has 26 heavy (non-hydrogen) atoms. The Morgan fingerprint density at radius 2 is 1.85 bits per heavy atom. The first-order valence-electron chi connectivity index (χ1n) is 8.77. The Morgan fingerprint density at radius 1 is 1.08 bits per heavy atom. The molecule has 0 spiro atoms. The molecule has 1 aliphatic heterocycles. The van der Waals surface area contributed by atoms with E-state index < -0.39 is 0 Å². The molecule has 1 aliphatic rings. The van der Waals surface area contributed by atoms with Gasteiger partial charge in [-0.15, -0.1) is 0 Å². The molecule has 0 aromatic heterocycles. The zero-order valence-corrected chi connectivity index (χ0v) is 14.8. The van der Waals surface area contributed by atoms with Crippen LogP contribution in [0.25, 0.3) is 0 Å². The molecule has 0 bridgehead atoms. The molecule has 2 aromatic rings. The van der Waals surface area contributed by atoms with E-state index in [1.54, 1.807) is 6.07 Å². The molecule has 1 fully saturated rings. The van der Waals surface area contributed by atoms with Gasteiger partial charge in [0, 0.05) is 0 Å². The van der Waals surface area contributed by atoms with Crippen molar-refractivity contribution in [2.75, 3.05) is 13.7 Å². The number of carbonyl (C=O) groups excluding carboxylic acids is 2. The van der Waals surface area contributed by atoms with Gasteiger partial charge in [0.2, 0.25) is 0 Å². The summed E-state index contributed by atoms with van der Waals surface area (Å²) in [6, 6.07) is 16.8. The van der Waals surface area contributed by atoms with Gasteiger partial charge >= 0.3 is 11.9 Å². The number of esters is 2. The van der Waals surface area contributed by atoms with Crippen molar-refractivity contribution in [3.05, 3.63) is 71.3 Å². The first-order chi connectivity index (χ1) is 12.7. The van der Waals surface area contributed by atoms with Crippen molar-refractivity contribution < 1.29 is 19.1 Å². The van der Waals surface area contributed by atoms with E-state index in [2.05, 4.69) is 5.32 Å². The fourth-order valence-electron chi connectivity index (χ4n) is 3.25. The minimum absolute atomic E-state index is 0.209. The van der Waals surface area contributed by atoms with Crippen LogP contribution in [0.4, 0.5) is 0 Å². The second kappa shape index (κ2) is 8.63. The maximum atomic E-state index is 12.3. The van der Waals surface area contributed by atoms with Crippen molar-refractivity contribution >= 4 is 11.9 Å². The number of ether oxygens (including phenoxy) is 2.